The third kappa shape index (κ3) is 3.98. The number of nitrogens with zero attached hydrogens (tertiary/aromatic N) is 2. The summed E-state index contributed by atoms with van der Waals surface area (Å²) >= 11 is 6.05. The number of hydrogen-bond donors (Lipinski definition) is 0. The van der Waals surface area contributed by atoms with Crippen molar-refractivity contribution in [2.24, 2.45) is 0 Å². The van der Waals surface area contributed by atoms with E-state index in [1.807, 2.05) is 71.8 Å². The molecule has 1 aliphatic heterocycles. The van der Waals surface area contributed by atoms with E-state index in [-0.39, 0.29) is 12.1 Å². The van der Waals surface area contributed by atoms with Gasteiger partial charge in [0, 0.05) is 11.4 Å². The van der Waals surface area contributed by atoms with Gasteiger partial charge in [0.05, 0.1) is 23.4 Å². The van der Waals surface area contributed by atoms with Gasteiger partial charge in [0.2, 0.25) is 0 Å². The van der Waals surface area contributed by atoms with Crippen molar-refractivity contribution in [3.8, 4) is 6.07 Å². The van der Waals surface area contributed by atoms with E-state index in [4.69, 9.17) is 21.7 Å². The highest BCUT2D eigenvalue weighted by Crippen LogP contribution is 2.38. The van der Waals surface area contributed by atoms with Crippen LogP contribution in [0.1, 0.15) is 29.2 Å². The molecule has 27 heavy (non-hydrogen) atoms. The minimum absolute atomic E-state index is 0.0188. The van der Waals surface area contributed by atoms with Gasteiger partial charge in [0.25, 0.3) is 0 Å². The third-order valence-corrected chi connectivity index (χ3v) is 5.12. The van der Waals surface area contributed by atoms with E-state index in [9.17, 15) is 0 Å². The second-order valence-corrected chi connectivity index (χ2v) is 7.15. The lowest BCUT2D eigenvalue weighted by Crippen LogP contribution is -2.29. The molecule has 0 radical (unpaired) electrons. The Bertz CT molecular complexity index is 933. The van der Waals surface area contributed by atoms with Crippen LogP contribution in [0.3, 0.4) is 0 Å². The number of anilines is 1. The molecule has 2 atom stereocenters. The largest absolute Gasteiger partial charge is 0.265 e. The van der Waals surface area contributed by atoms with Gasteiger partial charge >= 0.3 is 0 Å². The quantitative estimate of drug-likeness (QED) is 0.587. The van der Waals surface area contributed by atoms with Crippen LogP contribution in [-0.4, -0.2) is 6.04 Å². The van der Waals surface area contributed by atoms with Gasteiger partial charge in [-0.15, -0.1) is 0 Å². The highest BCUT2D eigenvalue weighted by molar-refractivity contribution is 6.30. The lowest BCUT2D eigenvalue weighted by Gasteiger charge is -2.25. The van der Waals surface area contributed by atoms with Crippen LogP contribution in [0.25, 0.3) is 0 Å². The average molecular weight is 375 g/mol. The Labute approximate surface area is 164 Å². The molecule has 1 heterocycles. The summed E-state index contributed by atoms with van der Waals surface area (Å²) in [6.07, 6.45) is 1.76. The zero-order valence-electron chi connectivity index (χ0n) is 14.8. The SMILES string of the molecule is N#Cc1ccc(C[C@@H]2C[C@H](c3ccccc3)ON2c2ccc(Cl)cc2)cc1. The topological polar surface area (TPSA) is 36.3 Å². The first-order chi connectivity index (χ1) is 13.2. The van der Waals surface area contributed by atoms with E-state index < -0.39 is 0 Å². The molecule has 0 amide bonds. The van der Waals surface area contributed by atoms with Crippen LogP contribution in [0.4, 0.5) is 5.69 Å². The Kier molecular flexibility index (Phi) is 5.11. The van der Waals surface area contributed by atoms with Crippen LogP contribution in [0.5, 0.6) is 0 Å². The Hall–Kier alpha value is -2.80. The van der Waals surface area contributed by atoms with E-state index in [2.05, 4.69) is 18.2 Å². The average Bonchev–Trinajstić information content (AvgIpc) is 3.13. The molecule has 0 aromatic heterocycles. The summed E-state index contributed by atoms with van der Waals surface area (Å²) in [5.41, 5.74) is 4.05. The molecule has 0 bridgehead atoms. The molecule has 1 aliphatic rings. The van der Waals surface area contributed by atoms with Crippen molar-refractivity contribution in [2.75, 3.05) is 5.06 Å². The summed E-state index contributed by atoms with van der Waals surface area (Å²) in [5.74, 6) is 0. The van der Waals surface area contributed by atoms with E-state index >= 15 is 0 Å². The molecule has 3 nitrogen and oxygen atoms in total. The molecule has 0 unspecified atom stereocenters. The minimum Gasteiger partial charge on any atom is -0.265 e. The maximum absolute atomic E-state index is 9.00. The van der Waals surface area contributed by atoms with Crippen molar-refractivity contribution in [3.63, 3.8) is 0 Å². The highest BCUT2D eigenvalue weighted by atomic mass is 35.5. The number of nitriles is 1. The van der Waals surface area contributed by atoms with Crippen molar-refractivity contribution < 1.29 is 4.84 Å². The smallest absolute Gasteiger partial charge is 0.113 e. The van der Waals surface area contributed by atoms with Crippen molar-refractivity contribution in [1.29, 1.82) is 5.26 Å². The molecule has 3 aromatic rings. The number of benzene rings is 3. The normalized spacial score (nSPS) is 19.0. The fourth-order valence-electron chi connectivity index (χ4n) is 3.49. The molecular weight excluding hydrogens is 356 g/mol. The molecule has 0 spiro atoms. The van der Waals surface area contributed by atoms with E-state index in [1.165, 1.54) is 11.1 Å². The molecular formula is C23H19ClN2O. The summed E-state index contributed by atoms with van der Waals surface area (Å²) in [7, 11) is 0. The second kappa shape index (κ2) is 7.84. The van der Waals surface area contributed by atoms with Crippen LogP contribution in [0.15, 0.2) is 78.9 Å². The Morgan fingerprint density at radius 3 is 2.33 bits per heavy atom. The van der Waals surface area contributed by atoms with Crippen LogP contribution in [0.2, 0.25) is 5.02 Å². The van der Waals surface area contributed by atoms with Crippen molar-refractivity contribution in [2.45, 2.75) is 25.0 Å². The monoisotopic (exact) mass is 374 g/mol. The maximum Gasteiger partial charge on any atom is 0.113 e. The van der Waals surface area contributed by atoms with Crippen LogP contribution < -0.4 is 5.06 Å². The van der Waals surface area contributed by atoms with Crippen molar-refractivity contribution in [1.82, 2.24) is 0 Å². The highest BCUT2D eigenvalue weighted by Gasteiger charge is 2.34. The summed E-state index contributed by atoms with van der Waals surface area (Å²) in [6.45, 7) is 0. The van der Waals surface area contributed by atoms with Crippen molar-refractivity contribution in [3.05, 3.63) is 101 Å². The van der Waals surface area contributed by atoms with E-state index in [0.717, 1.165) is 18.5 Å². The predicted octanol–water partition coefficient (Wildman–Crippen LogP) is 5.71. The van der Waals surface area contributed by atoms with Gasteiger partial charge in [-0.05, 0) is 53.9 Å². The van der Waals surface area contributed by atoms with Gasteiger partial charge in [-0.2, -0.15) is 5.26 Å². The summed E-state index contributed by atoms with van der Waals surface area (Å²) in [6, 6.07) is 28.2. The molecule has 0 saturated carbocycles. The molecule has 134 valence electrons. The van der Waals surface area contributed by atoms with Crippen LogP contribution in [-0.2, 0) is 11.3 Å². The number of hydroxylamine groups is 1. The van der Waals surface area contributed by atoms with E-state index in [1.54, 1.807) is 0 Å². The van der Waals surface area contributed by atoms with Crippen LogP contribution in [0, 0.1) is 11.3 Å². The first-order valence-corrected chi connectivity index (χ1v) is 9.36. The van der Waals surface area contributed by atoms with Gasteiger partial charge in [-0.1, -0.05) is 54.1 Å². The Morgan fingerprint density at radius 2 is 1.67 bits per heavy atom. The van der Waals surface area contributed by atoms with Gasteiger partial charge in [-0.3, -0.25) is 9.90 Å². The lowest BCUT2D eigenvalue weighted by molar-refractivity contribution is 0.0836. The zero-order valence-corrected chi connectivity index (χ0v) is 15.5. The zero-order chi connectivity index (χ0) is 18.6. The summed E-state index contributed by atoms with van der Waals surface area (Å²) in [5, 5.41) is 11.7. The first-order valence-electron chi connectivity index (χ1n) is 8.98. The Morgan fingerprint density at radius 1 is 0.963 bits per heavy atom. The molecule has 4 rings (SSSR count). The predicted molar refractivity (Wildman–Crippen MR) is 107 cm³/mol. The van der Waals surface area contributed by atoms with Gasteiger partial charge < -0.3 is 0 Å². The lowest BCUT2D eigenvalue weighted by atomic mass is 9.97. The first kappa shape index (κ1) is 17.6. The van der Waals surface area contributed by atoms with Gasteiger partial charge in [0.1, 0.15) is 6.10 Å². The third-order valence-electron chi connectivity index (χ3n) is 4.87. The number of hydrogen-bond acceptors (Lipinski definition) is 3. The fraction of sp³-hybridized carbons (Fsp3) is 0.174. The second-order valence-electron chi connectivity index (χ2n) is 6.71. The number of halogens is 1. The van der Waals surface area contributed by atoms with E-state index in [0.29, 0.717) is 10.6 Å². The number of rotatable bonds is 4. The Balaban J connectivity index is 1.60. The fourth-order valence-corrected chi connectivity index (χ4v) is 3.61. The molecule has 1 fully saturated rings. The molecule has 3 aromatic carbocycles. The molecule has 1 saturated heterocycles. The summed E-state index contributed by atoms with van der Waals surface area (Å²) in [4.78, 5) is 6.34. The standard InChI is InChI=1S/C23H19ClN2O/c24-20-10-12-21(13-11-20)26-22(14-17-6-8-18(16-25)9-7-17)15-23(27-26)19-4-2-1-3-5-19/h1-13,22-23H,14-15H2/t22-,23-/m1/s1. The molecule has 0 aliphatic carbocycles. The molecule has 0 N–H and O–H groups in total. The maximum atomic E-state index is 9.00. The minimum atomic E-state index is 0.0188. The van der Waals surface area contributed by atoms with Gasteiger partial charge in [-0.25, -0.2) is 0 Å². The summed E-state index contributed by atoms with van der Waals surface area (Å²) < 4.78 is 0. The molecule has 4 heteroatoms. The van der Waals surface area contributed by atoms with Crippen molar-refractivity contribution >= 4 is 17.3 Å². The van der Waals surface area contributed by atoms with Gasteiger partial charge in [0.15, 0.2) is 0 Å². The van der Waals surface area contributed by atoms with Crippen LogP contribution >= 0.6 is 11.6 Å².